The molecule has 0 fully saturated rings. The molecule has 7 nitrogen and oxygen atoms in total. The summed E-state index contributed by atoms with van der Waals surface area (Å²) in [5.74, 6) is 0.352. The summed E-state index contributed by atoms with van der Waals surface area (Å²) in [7, 11) is 1.59. The fraction of sp³-hybridized carbons (Fsp3) is 0.235. The number of aryl methyl sites for hydroxylation is 1. The molecule has 7 heteroatoms. The molecule has 0 atom stereocenters. The first-order valence-electron chi connectivity index (χ1n) is 7.29. The zero-order valence-corrected chi connectivity index (χ0v) is 13.4. The Bertz CT molecular complexity index is 728. The van der Waals surface area contributed by atoms with E-state index >= 15 is 0 Å². The molecule has 0 saturated carbocycles. The number of nitro benzene ring substituents is 1. The number of hydrogen-bond donors (Lipinski definition) is 1. The van der Waals surface area contributed by atoms with E-state index in [9.17, 15) is 14.9 Å². The Balaban J connectivity index is 2.03. The van der Waals surface area contributed by atoms with Crippen molar-refractivity contribution in [2.75, 3.05) is 25.6 Å². The summed E-state index contributed by atoms with van der Waals surface area (Å²) in [5, 5.41) is 13.5. The third-order valence-corrected chi connectivity index (χ3v) is 3.34. The van der Waals surface area contributed by atoms with E-state index in [2.05, 4.69) is 5.32 Å². The quantitative estimate of drug-likeness (QED) is 0.478. The number of carbonyl (C=O) groups excluding carboxylic acids is 1. The van der Waals surface area contributed by atoms with Crippen molar-refractivity contribution < 1.29 is 19.2 Å². The molecule has 0 aliphatic heterocycles. The van der Waals surface area contributed by atoms with E-state index in [0.29, 0.717) is 35.8 Å². The van der Waals surface area contributed by atoms with Gasteiger partial charge >= 0.3 is 0 Å². The fourth-order valence-corrected chi connectivity index (χ4v) is 2.04. The number of amides is 1. The molecule has 1 N–H and O–H groups in total. The van der Waals surface area contributed by atoms with Gasteiger partial charge in [-0.25, -0.2) is 0 Å². The highest BCUT2D eigenvalue weighted by Crippen LogP contribution is 2.22. The van der Waals surface area contributed by atoms with Crippen LogP contribution in [-0.4, -0.2) is 31.2 Å². The highest BCUT2D eigenvalue weighted by atomic mass is 16.6. The number of nitrogens with zero attached hydrogens (tertiary/aromatic N) is 1. The van der Waals surface area contributed by atoms with Crippen molar-refractivity contribution in [3.05, 3.63) is 63.7 Å². The van der Waals surface area contributed by atoms with Crippen LogP contribution in [0.1, 0.15) is 15.9 Å². The van der Waals surface area contributed by atoms with Crippen LogP contribution in [0.3, 0.4) is 0 Å². The van der Waals surface area contributed by atoms with Crippen LogP contribution in [0.15, 0.2) is 42.5 Å². The number of benzene rings is 2. The fourth-order valence-electron chi connectivity index (χ4n) is 2.04. The Morgan fingerprint density at radius 1 is 1.17 bits per heavy atom. The second-order valence-electron chi connectivity index (χ2n) is 5.08. The third kappa shape index (κ3) is 4.53. The number of nitro groups is 1. The van der Waals surface area contributed by atoms with Crippen molar-refractivity contribution in [2.45, 2.75) is 6.92 Å². The standard InChI is InChI=1S/C17H18N2O5/c1-12-11-14(19(21)22)5-8-16(12)18-17(20)13-3-6-15(7-4-13)24-10-9-23-2/h3-8,11H,9-10H2,1-2H3,(H,18,20). The van der Waals surface area contributed by atoms with Crippen LogP contribution in [0.2, 0.25) is 0 Å². The van der Waals surface area contributed by atoms with Gasteiger partial charge in [0.25, 0.3) is 11.6 Å². The highest BCUT2D eigenvalue weighted by molar-refractivity contribution is 6.04. The lowest BCUT2D eigenvalue weighted by atomic mass is 10.1. The predicted octanol–water partition coefficient (Wildman–Crippen LogP) is 3.18. The van der Waals surface area contributed by atoms with Gasteiger partial charge in [-0.15, -0.1) is 0 Å². The van der Waals surface area contributed by atoms with Crippen molar-refractivity contribution in [3.63, 3.8) is 0 Å². The minimum absolute atomic E-state index is 0.0111. The summed E-state index contributed by atoms with van der Waals surface area (Å²) in [5.41, 5.74) is 1.61. The third-order valence-electron chi connectivity index (χ3n) is 3.34. The van der Waals surface area contributed by atoms with Crippen molar-refractivity contribution in [1.82, 2.24) is 0 Å². The van der Waals surface area contributed by atoms with Gasteiger partial charge in [-0.1, -0.05) is 0 Å². The molecule has 126 valence electrons. The molecule has 2 aromatic carbocycles. The van der Waals surface area contributed by atoms with Gasteiger partial charge < -0.3 is 14.8 Å². The molecule has 0 saturated heterocycles. The predicted molar refractivity (Wildman–Crippen MR) is 89.6 cm³/mol. The maximum absolute atomic E-state index is 12.3. The lowest BCUT2D eigenvalue weighted by Crippen LogP contribution is -2.13. The van der Waals surface area contributed by atoms with Crippen molar-refractivity contribution in [1.29, 1.82) is 0 Å². The van der Waals surface area contributed by atoms with E-state index in [4.69, 9.17) is 9.47 Å². The Kier molecular flexibility index (Phi) is 5.86. The Morgan fingerprint density at radius 2 is 1.88 bits per heavy atom. The van der Waals surface area contributed by atoms with E-state index in [1.807, 2.05) is 0 Å². The van der Waals surface area contributed by atoms with E-state index in [1.54, 1.807) is 38.3 Å². The Hall–Kier alpha value is -2.93. The van der Waals surface area contributed by atoms with E-state index < -0.39 is 4.92 Å². The molecular formula is C17H18N2O5. The van der Waals surface area contributed by atoms with Gasteiger partial charge in [-0.3, -0.25) is 14.9 Å². The molecule has 0 aliphatic carbocycles. The first kappa shape index (κ1) is 17.4. The second-order valence-corrected chi connectivity index (χ2v) is 5.08. The summed E-state index contributed by atoms with van der Waals surface area (Å²) in [6.45, 7) is 2.63. The Morgan fingerprint density at radius 3 is 2.46 bits per heavy atom. The molecule has 1 amide bonds. The smallest absolute Gasteiger partial charge is 0.269 e. The van der Waals surface area contributed by atoms with E-state index in [1.165, 1.54) is 18.2 Å². The monoisotopic (exact) mass is 330 g/mol. The van der Waals surface area contributed by atoms with Crippen LogP contribution in [0, 0.1) is 17.0 Å². The topological polar surface area (TPSA) is 90.7 Å². The normalized spacial score (nSPS) is 10.2. The average molecular weight is 330 g/mol. The van der Waals surface area contributed by atoms with Gasteiger partial charge in [-0.05, 0) is 42.8 Å². The first-order valence-corrected chi connectivity index (χ1v) is 7.29. The summed E-state index contributed by atoms with van der Waals surface area (Å²) >= 11 is 0. The number of nitrogens with one attached hydrogen (secondary N) is 1. The minimum Gasteiger partial charge on any atom is -0.491 e. The van der Waals surface area contributed by atoms with Crippen LogP contribution in [-0.2, 0) is 4.74 Å². The molecular weight excluding hydrogens is 312 g/mol. The number of rotatable bonds is 7. The molecule has 24 heavy (non-hydrogen) atoms. The van der Waals surface area contributed by atoms with Gasteiger partial charge in [0.2, 0.25) is 0 Å². The maximum atomic E-state index is 12.3. The van der Waals surface area contributed by atoms with Gasteiger partial charge in [0.1, 0.15) is 12.4 Å². The van der Waals surface area contributed by atoms with Crippen LogP contribution >= 0.6 is 0 Å². The molecule has 0 bridgehead atoms. The van der Waals surface area contributed by atoms with E-state index in [0.717, 1.165) is 0 Å². The molecule has 0 unspecified atom stereocenters. The van der Waals surface area contributed by atoms with Crippen LogP contribution in [0.25, 0.3) is 0 Å². The lowest BCUT2D eigenvalue weighted by Gasteiger charge is -2.09. The zero-order valence-electron chi connectivity index (χ0n) is 13.4. The number of hydrogen-bond acceptors (Lipinski definition) is 5. The highest BCUT2D eigenvalue weighted by Gasteiger charge is 2.11. The van der Waals surface area contributed by atoms with Gasteiger partial charge in [0.15, 0.2) is 0 Å². The number of anilines is 1. The number of ether oxygens (including phenoxy) is 2. The van der Waals surface area contributed by atoms with Crippen molar-refractivity contribution in [3.8, 4) is 5.75 Å². The molecule has 0 radical (unpaired) electrons. The van der Waals surface area contributed by atoms with Crippen LogP contribution in [0.5, 0.6) is 5.75 Å². The van der Waals surface area contributed by atoms with Gasteiger partial charge in [-0.2, -0.15) is 0 Å². The molecule has 0 heterocycles. The van der Waals surface area contributed by atoms with Gasteiger partial charge in [0, 0.05) is 30.5 Å². The molecule has 2 rings (SSSR count). The lowest BCUT2D eigenvalue weighted by molar-refractivity contribution is -0.384. The SMILES string of the molecule is COCCOc1ccc(C(=O)Nc2ccc([N+](=O)[O-])cc2C)cc1. The molecule has 2 aromatic rings. The van der Waals surface area contributed by atoms with Crippen LogP contribution < -0.4 is 10.1 Å². The minimum atomic E-state index is -0.471. The van der Waals surface area contributed by atoms with Crippen molar-refractivity contribution >= 4 is 17.3 Å². The molecule has 0 aliphatic rings. The summed E-state index contributed by atoms with van der Waals surface area (Å²) < 4.78 is 10.3. The summed E-state index contributed by atoms with van der Waals surface area (Å²) in [4.78, 5) is 22.5. The largest absolute Gasteiger partial charge is 0.491 e. The zero-order chi connectivity index (χ0) is 17.5. The van der Waals surface area contributed by atoms with Crippen LogP contribution in [0.4, 0.5) is 11.4 Å². The first-order chi connectivity index (χ1) is 11.5. The summed E-state index contributed by atoms with van der Waals surface area (Å²) in [6.07, 6.45) is 0. The number of carbonyl (C=O) groups is 1. The molecule has 0 aromatic heterocycles. The Labute approximate surface area is 139 Å². The average Bonchev–Trinajstić information content (AvgIpc) is 2.57. The van der Waals surface area contributed by atoms with Crippen molar-refractivity contribution in [2.24, 2.45) is 0 Å². The number of methoxy groups -OCH3 is 1. The summed E-state index contributed by atoms with van der Waals surface area (Å²) in [6, 6.07) is 11.0. The van der Waals surface area contributed by atoms with Gasteiger partial charge in [0.05, 0.1) is 11.5 Å². The second kappa shape index (κ2) is 8.07. The number of non-ortho nitro benzene ring substituents is 1. The van der Waals surface area contributed by atoms with E-state index in [-0.39, 0.29) is 11.6 Å². The maximum Gasteiger partial charge on any atom is 0.269 e. The molecule has 0 spiro atoms.